The molecule has 0 fully saturated rings. The molecule has 0 bridgehead atoms. The smallest absolute Gasteiger partial charge is 0.274 e. The van der Waals surface area contributed by atoms with Gasteiger partial charge in [0.05, 0.1) is 4.47 Å². The molecule has 0 spiro atoms. The first kappa shape index (κ1) is 15.4. The van der Waals surface area contributed by atoms with Gasteiger partial charge in [0.15, 0.2) is 0 Å². The Kier molecular flexibility index (Phi) is 5.27. The molecule has 0 atom stereocenters. The summed E-state index contributed by atoms with van der Waals surface area (Å²) in [5.74, 6) is -0.717. The normalized spacial score (nSPS) is 10.2. The Morgan fingerprint density at radius 3 is 2.81 bits per heavy atom. The third-order valence-corrected chi connectivity index (χ3v) is 3.36. The maximum Gasteiger partial charge on any atom is 0.274 e. The van der Waals surface area contributed by atoms with Crippen LogP contribution in [0.4, 0.5) is 15.8 Å². The molecule has 0 radical (unpaired) electrons. The minimum Gasteiger partial charge on any atom is -0.385 e. The third kappa shape index (κ3) is 4.26. The van der Waals surface area contributed by atoms with Gasteiger partial charge in [0.1, 0.15) is 11.5 Å². The van der Waals surface area contributed by atoms with Crippen LogP contribution in [0.1, 0.15) is 23.8 Å². The van der Waals surface area contributed by atoms with Crippen LogP contribution in [0, 0.1) is 5.82 Å². The molecule has 1 aromatic carbocycles. The van der Waals surface area contributed by atoms with Crippen LogP contribution in [0.15, 0.2) is 41.0 Å². The van der Waals surface area contributed by atoms with Crippen molar-refractivity contribution in [3.8, 4) is 0 Å². The molecule has 21 heavy (non-hydrogen) atoms. The van der Waals surface area contributed by atoms with Gasteiger partial charge in [0, 0.05) is 24.1 Å². The van der Waals surface area contributed by atoms with Crippen molar-refractivity contribution in [3.63, 3.8) is 0 Å². The van der Waals surface area contributed by atoms with Gasteiger partial charge in [-0.05, 0) is 52.7 Å². The zero-order valence-corrected chi connectivity index (χ0v) is 13.1. The Hall–Kier alpha value is -1.95. The van der Waals surface area contributed by atoms with E-state index in [4.69, 9.17) is 0 Å². The second-order valence-corrected chi connectivity index (χ2v) is 5.29. The molecule has 0 saturated carbocycles. The summed E-state index contributed by atoms with van der Waals surface area (Å²) in [6, 6.07) is 7.78. The van der Waals surface area contributed by atoms with Crippen molar-refractivity contribution in [3.05, 3.63) is 52.5 Å². The quantitative estimate of drug-likeness (QED) is 0.853. The number of benzene rings is 1. The summed E-state index contributed by atoms with van der Waals surface area (Å²) in [7, 11) is 0. The number of carbonyl (C=O) groups is 1. The summed E-state index contributed by atoms with van der Waals surface area (Å²) in [6.07, 6.45) is 2.57. The van der Waals surface area contributed by atoms with Crippen LogP contribution in [0.2, 0.25) is 0 Å². The number of rotatable bonds is 5. The van der Waals surface area contributed by atoms with Crippen LogP contribution in [-0.2, 0) is 0 Å². The Morgan fingerprint density at radius 2 is 2.10 bits per heavy atom. The minimum absolute atomic E-state index is 0.298. The summed E-state index contributed by atoms with van der Waals surface area (Å²) in [6.45, 7) is 2.89. The van der Waals surface area contributed by atoms with Crippen LogP contribution < -0.4 is 10.6 Å². The fraction of sp³-hybridized carbons (Fsp3) is 0.200. The highest BCUT2D eigenvalue weighted by Gasteiger charge is 2.09. The Labute approximate surface area is 130 Å². The number of aromatic nitrogens is 1. The Balaban J connectivity index is 2.10. The largest absolute Gasteiger partial charge is 0.385 e. The molecule has 110 valence electrons. The Bertz CT molecular complexity index is 649. The molecular formula is C15H15BrFN3O. The summed E-state index contributed by atoms with van der Waals surface area (Å²) < 4.78 is 13.4. The van der Waals surface area contributed by atoms with Crippen LogP contribution >= 0.6 is 15.9 Å². The third-order valence-electron chi connectivity index (χ3n) is 2.75. The molecule has 0 unspecified atom stereocenters. The SMILES string of the molecule is CCCNc1ccnc(C(=O)Nc2ccc(F)c(Br)c2)c1. The number of nitrogens with zero attached hydrogens (tertiary/aromatic N) is 1. The molecule has 4 nitrogen and oxygen atoms in total. The molecule has 1 heterocycles. The van der Waals surface area contributed by atoms with E-state index < -0.39 is 0 Å². The number of nitrogens with one attached hydrogen (secondary N) is 2. The molecule has 0 aliphatic heterocycles. The van der Waals surface area contributed by atoms with Gasteiger partial charge < -0.3 is 10.6 Å². The second-order valence-electron chi connectivity index (χ2n) is 4.44. The topological polar surface area (TPSA) is 54.0 Å². The molecule has 1 aromatic heterocycles. The van der Waals surface area contributed by atoms with E-state index >= 15 is 0 Å². The van der Waals surface area contributed by atoms with E-state index in [0.29, 0.717) is 15.9 Å². The zero-order valence-electron chi connectivity index (χ0n) is 11.5. The first-order valence-electron chi connectivity index (χ1n) is 6.56. The van der Waals surface area contributed by atoms with E-state index in [1.807, 2.05) is 0 Å². The fourth-order valence-corrected chi connectivity index (χ4v) is 2.08. The molecule has 0 aliphatic carbocycles. The van der Waals surface area contributed by atoms with Crippen molar-refractivity contribution in [2.24, 2.45) is 0 Å². The minimum atomic E-state index is -0.378. The van der Waals surface area contributed by atoms with Crippen LogP contribution in [-0.4, -0.2) is 17.4 Å². The molecule has 0 saturated heterocycles. The summed E-state index contributed by atoms with van der Waals surface area (Å²) >= 11 is 3.08. The summed E-state index contributed by atoms with van der Waals surface area (Å²) in [4.78, 5) is 16.2. The van der Waals surface area contributed by atoms with Gasteiger partial charge >= 0.3 is 0 Å². The van der Waals surface area contributed by atoms with E-state index in [9.17, 15) is 9.18 Å². The molecule has 1 amide bonds. The molecular weight excluding hydrogens is 337 g/mol. The maximum absolute atomic E-state index is 13.2. The number of amides is 1. The predicted molar refractivity (Wildman–Crippen MR) is 85.1 cm³/mol. The molecule has 2 aromatic rings. The van der Waals surface area contributed by atoms with Crippen LogP contribution in [0.25, 0.3) is 0 Å². The average molecular weight is 352 g/mol. The molecule has 2 N–H and O–H groups in total. The maximum atomic E-state index is 13.2. The van der Waals surface area contributed by atoms with Crippen molar-refractivity contribution in [1.29, 1.82) is 0 Å². The molecule has 0 aliphatic rings. The van der Waals surface area contributed by atoms with E-state index in [0.717, 1.165) is 18.7 Å². The van der Waals surface area contributed by atoms with Gasteiger partial charge in [-0.1, -0.05) is 6.92 Å². The number of halogens is 2. The molecule has 2 rings (SSSR count). The lowest BCUT2D eigenvalue weighted by molar-refractivity contribution is 0.102. The highest BCUT2D eigenvalue weighted by molar-refractivity contribution is 9.10. The van der Waals surface area contributed by atoms with Crippen molar-refractivity contribution in [2.75, 3.05) is 17.2 Å². The van der Waals surface area contributed by atoms with Crippen molar-refractivity contribution >= 4 is 33.2 Å². The lowest BCUT2D eigenvalue weighted by atomic mass is 10.2. The average Bonchev–Trinajstić information content (AvgIpc) is 2.49. The predicted octanol–water partition coefficient (Wildman–Crippen LogP) is 4.06. The zero-order chi connectivity index (χ0) is 15.2. The van der Waals surface area contributed by atoms with E-state index in [-0.39, 0.29) is 11.7 Å². The number of carbonyl (C=O) groups excluding carboxylic acids is 1. The fourth-order valence-electron chi connectivity index (χ4n) is 1.70. The monoisotopic (exact) mass is 351 g/mol. The van der Waals surface area contributed by atoms with E-state index in [1.165, 1.54) is 18.2 Å². The molecule has 6 heteroatoms. The first-order valence-corrected chi connectivity index (χ1v) is 7.35. The van der Waals surface area contributed by atoms with E-state index in [1.54, 1.807) is 18.3 Å². The van der Waals surface area contributed by atoms with Gasteiger partial charge in [0.2, 0.25) is 0 Å². The van der Waals surface area contributed by atoms with Crippen LogP contribution in [0.5, 0.6) is 0 Å². The lowest BCUT2D eigenvalue weighted by Crippen LogP contribution is -2.14. The summed E-state index contributed by atoms with van der Waals surface area (Å²) in [5, 5.41) is 5.88. The number of anilines is 2. The standard InChI is InChI=1S/C15H15BrFN3O/c1-2-6-18-10-5-7-19-14(9-10)15(21)20-11-3-4-13(17)12(16)8-11/h3-5,7-9H,2,6H2,1H3,(H,18,19)(H,20,21). The van der Waals surface area contributed by atoms with Crippen molar-refractivity contribution in [1.82, 2.24) is 4.98 Å². The van der Waals surface area contributed by atoms with Gasteiger partial charge in [0.25, 0.3) is 5.91 Å². The van der Waals surface area contributed by atoms with Gasteiger partial charge in [-0.25, -0.2) is 4.39 Å². The van der Waals surface area contributed by atoms with Crippen molar-refractivity contribution in [2.45, 2.75) is 13.3 Å². The van der Waals surface area contributed by atoms with Crippen molar-refractivity contribution < 1.29 is 9.18 Å². The van der Waals surface area contributed by atoms with Gasteiger partial charge in [-0.3, -0.25) is 9.78 Å². The van der Waals surface area contributed by atoms with Gasteiger partial charge in [-0.2, -0.15) is 0 Å². The highest BCUT2D eigenvalue weighted by atomic mass is 79.9. The first-order chi connectivity index (χ1) is 10.1. The second kappa shape index (κ2) is 7.17. The Morgan fingerprint density at radius 1 is 1.29 bits per heavy atom. The lowest BCUT2D eigenvalue weighted by Gasteiger charge is -2.08. The number of hydrogen-bond acceptors (Lipinski definition) is 3. The van der Waals surface area contributed by atoms with E-state index in [2.05, 4.69) is 38.5 Å². The van der Waals surface area contributed by atoms with Crippen LogP contribution in [0.3, 0.4) is 0 Å². The van der Waals surface area contributed by atoms with Gasteiger partial charge in [-0.15, -0.1) is 0 Å². The summed E-state index contributed by atoms with van der Waals surface area (Å²) in [5.41, 5.74) is 1.65. The highest BCUT2D eigenvalue weighted by Crippen LogP contribution is 2.20. The number of hydrogen-bond donors (Lipinski definition) is 2. The number of pyridine rings is 1.